The Balaban J connectivity index is 1.89. The van der Waals surface area contributed by atoms with Crippen molar-refractivity contribution in [1.29, 1.82) is 0 Å². The fraction of sp³-hybridized carbons (Fsp3) is 0.136. The molecule has 0 radical (unpaired) electrons. The van der Waals surface area contributed by atoms with Gasteiger partial charge in [0.05, 0.1) is 16.8 Å². The van der Waals surface area contributed by atoms with E-state index < -0.39 is 22.5 Å². The fourth-order valence-corrected chi connectivity index (χ4v) is 4.30. The largest absolute Gasteiger partial charge is 0.271 e. The third kappa shape index (κ3) is 5.09. The zero-order valence-electron chi connectivity index (χ0n) is 16.7. The van der Waals surface area contributed by atoms with E-state index in [1.54, 1.807) is 48.8 Å². The van der Waals surface area contributed by atoms with Crippen molar-refractivity contribution in [2.45, 2.75) is 18.7 Å². The van der Waals surface area contributed by atoms with Crippen LogP contribution in [0.2, 0.25) is 0 Å². The molecule has 0 saturated heterocycles. The van der Waals surface area contributed by atoms with E-state index in [2.05, 4.69) is 15.5 Å². The van der Waals surface area contributed by atoms with Crippen LogP contribution in [0.3, 0.4) is 0 Å². The lowest BCUT2D eigenvalue weighted by atomic mass is 10.1. The zero-order valence-corrected chi connectivity index (χ0v) is 17.5. The number of carbonyl (C=O) groups excluding carboxylic acids is 1. The highest BCUT2D eigenvalue weighted by molar-refractivity contribution is 7.92. The lowest BCUT2D eigenvalue weighted by molar-refractivity contribution is -0.119. The fourth-order valence-electron chi connectivity index (χ4n) is 2.80. The SMILES string of the molecule is Cc1ccc(C)c(N(CC(=O)N/N=C\c2ccncc2)S(=O)(=O)c2ccccc2)c1. The molecular weight excluding hydrogens is 400 g/mol. The van der Waals surface area contributed by atoms with Crippen molar-refractivity contribution in [3.05, 3.63) is 89.7 Å². The molecule has 0 unspecified atom stereocenters. The highest BCUT2D eigenvalue weighted by Crippen LogP contribution is 2.27. The number of hydrogen-bond acceptors (Lipinski definition) is 5. The maximum Gasteiger partial charge on any atom is 0.264 e. The monoisotopic (exact) mass is 422 g/mol. The van der Waals surface area contributed by atoms with Gasteiger partial charge in [-0.1, -0.05) is 30.3 Å². The standard InChI is InChI=1S/C22H22N4O3S/c1-17-8-9-18(2)21(14-17)26(30(28,29)20-6-4-3-5-7-20)16-22(27)25-24-15-19-10-12-23-13-11-19/h3-15H,16H2,1-2H3,(H,25,27)/b24-15-. The smallest absolute Gasteiger partial charge is 0.264 e. The van der Waals surface area contributed by atoms with Crippen molar-refractivity contribution < 1.29 is 13.2 Å². The first-order valence-corrected chi connectivity index (χ1v) is 10.7. The number of hydrogen-bond donors (Lipinski definition) is 1. The summed E-state index contributed by atoms with van der Waals surface area (Å²) in [7, 11) is -3.95. The summed E-state index contributed by atoms with van der Waals surface area (Å²) in [6.07, 6.45) is 4.68. The van der Waals surface area contributed by atoms with E-state index in [4.69, 9.17) is 0 Å². The summed E-state index contributed by atoms with van der Waals surface area (Å²) in [6, 6.07) is 17.0. The highest BCUT2D eigenvalue weighted by atomic mass is 32.2. The Labute approximate surface area is 176 Å². The molecule has 1 heterocycles. The van der Waals surface area contributed by atoms with Crippen molar-refractivity contribution in [3.63, 3.8) is 0 Å². The number of nitrogens with zero attached hydrogens (tertiary/aromatic N) is 3. The summed E-state index contributed by atoms with van der Waals surface area (Å²) in [4.78, 5) is 16.6. The number of sulfonamides is 1. The van der Waals surface area contributed by atoms with E-state index >= 15 is 0 Å². The zero-order chi connectivity index (χ0) is 21.6. The Kier molecular flexibility index (Phi) is 6.58. The van der Waals surface area contributed by atoms with Crippen molar-refractivity contribution in [2.24, 2.45) is 5.10 Å². The average molecular weight is 423 g/mol. The van der Waals surface area contributed by atoms with Crippen LogP contribution in [0.5, 0.6) is 0 Å². The summed E-state index contributed by atoms with van der Waals surface area (Å²) in [5, 5.41) is 3.91. The molecule has 30 heavy (non-hydrogen) atoms. The molecular formula is C22H22N4O3S. The van der Waals surface area contributed by atoms with Gasteiger partial charge in [0, 0.05) is 12.4 Å². The first-order chi connectivity index (χ1) is 14.4. The molecule has 0 atom stereocenters. The second-order valence-corrected chi connectivity index (χ2v) is 8.55. The van der Waals surface area contributed by atoms with Gasteiger partial charge < -0.3 is 0 Å². The molecule has 154 valence electrons. The second-order valence-electron chi connectivity index (χ2n) is 6.69. The minimum absolute atomic E-state index is 0.110. The third-order valence-corrected chi connectivity index (χ3v) is 6.13. The summed E-state index contributed by atoms with van der Waals surface area (Å²) in [6.45, 7) is 3.27. The van der Waals surface area contributed by atoms with Crippen LogP contribution in [-0.2, 0) is 14.8 Å². The number of nitrogens with one attached hydrogen (secondary N) is 1. The van der Waals surface area contributed by atoms with Gasteiger partial charge in [-0.25, -0.2) is 13.8 Å². The predicted molar refractivity (Wildman–Crippen MR) is 117 cm³/mol. The summed E-state index contributed by atoms with van der Waals surface area (Å²) < 4.78 is 27.8. The molecule has 3 aromatic rings. The molecule has 0 fully saturated rings. The van der Waals surface area contributed by atoms with Crippen LogP contribution in [0, 0.1) is 13.8 Å². The Morgan fingerprint density at radius 3 is 2.47 bits per heavy atom. The van der Waals surface area contributed by atoms with Crippen LogP contribution in [0.4, 0.5) is 5.69 Å². The molecule has 0 saturated carbocycles. The summed E-state index contributed by atoms with van der Waals surface area (Å²) in [5.41, 5.74) is 5.23. The summed E-state index contributed by atoms with van der Waals surface area (Å²) >= 11 is 0. The van der Waals surface area contributed by atoms with E-state index in [9.17, 15) is 13.2 Å². The summed E-state index contributed by atoms with van der Waals surface area (Å²) in [5.74, 6) is -0.555. The normalized spacial score (nSPS) is 11.4. The quantitative estimate of drug-likeness (QED) is 0.468. The second kappa shape index (κ2) is 9.32. The molecule has 1 N–H and O–H groups in total. The van der Waals surface area contributed by atoms with Gasteiger partial charge in [-0.3, -0.25) is 14.1 Å². The lowest BCUT2D eigenvalue weighted by Gasteiger charge is -2.25. The van der Waals surface area contributed by atoms with Gasteiger partial charge in [-0.05, 0) is 60.9 Å². The lowest BCUT2D eigenvalue weighted by Crippen LogP contribution is -2.40. The van der Waals surface area contributed by atoms with Crippen LogP contribution in [0.1, 0.15) is 16.7 Å². The van der Waals surface area contributed by atoms with Gasteiger partial charge in [0.15, 0.2) is 0 Å². The molecule has 1 aromatic heterocycles. The van der Waals surface area contributed by atoms with Gasteiger partial charge in [0.2, 0.25) is 0 Å². The van der Waals surface area contributed by atoms with Crippen LogP contribution < -0.4 is 9.73 Å². The maximum absolute atomic E-state index is 13.3. The topological polar surface area (TPSA) is 91.7 Å². The van der Waals surface area contributed by atoms with Crippen LogP contribution in [0.25, 0.3) is 0 Å². The van der Waals surface area contributed by atoms with E-state index in [1.165, 1.54) is 18.3 Å². The number of aromatic nitrogens is 1. The van der Waals surface area contributed by atoms with Gasteiger partial charge in [-0.2, -0.15) is 5.10 Å². The predicted octanol–water partition coefficient (Wildman–Crippen LogP) is 3.04. The molecule has 0 bridgehead atoms. The Hall–Kier alpha value is -3.52. The number of aryl methyl sites for hydroxylation is 2. The molecule has 0 aliphatic carbocycles. The Morgan fingerprint density at radius 1 is 1.07 bits per heavy atom. The molecule has 2 aromatic carbocycles. The van der Waals surface area contributed by atoms with E-state index in [-0.39, 0.29) is 4.90 Å². The van der Waals surface area contributed by atoms with Crippen LogP contribution >= 0.6 is 0 Å². The molecule has 0 aliphatic heterocycles. The highest BCUT2D eigenvalue weighted by Gasteiger charge is 2.28. The maximum atomic E-state index is 13.3. The van der Waals surface area contributed by atoms with Gasteiger partial charge in [0.25, 0.3) is 15.9 Å². The number of benzene rings is 2. The van der Waals surface area contributed by atoms with Gasteiger partial charge in [0.1, 0.15) is 6.54 Å². The third-order valence-electron chi connectivity index (χ3n) is 4.36. The number of hydrazone groups is 1. The van der Waals surface area contributed by atoms with Gasteiger partial charge >= 0.3 is 0 Å². The molecule has 0 spiro atoms. The minimum atomic E-state index is -3.95. The number of pyridine rings is 1. The Morgan fingerprint density at radius 2 is 1.77 bits per heavy atom. The average Bonchev–Trinajstić information content (AvgIpc) is 2.75. The first-order valence-electron chi connectivity index (χ1n) is 9.25. The molecule has 3 rings (SSSR count). The number of amides is 1. The van der Waals surface area contributed by atoms with E-state index in [0.717, 1.165) is 21.0 Å². The van der Waals surface area contributed by atoms with E-state index in [1.807, 2.05) is 26.0 Å². The molecule has 8 heteroatoms. The number of anilines is 1. The van der Waals surface area contributed by atoms with Crippen molar-refractivity contribution >= 4 is 27.8 Å². The van der Waals surface area contributed by atoms with Crippen molar-refractivity contribution in [1.82, 2.24) is 10.4 Å². The molecule has 0 aliphatic rings. The number of carbonyl (C=O) groups is 1. The van der Waals surface area contributed by atoms with Crippen molar-refractivity contribution in [2.75, 3.05) is 10.8 Å². The Bertz CT molecular complexity index is 1150. The first kappa shape index (κ1) is 21.2. The van der Waals surface area contributed by atoms with Crippen LogP contribution in [-0.4, -0.2) is 32.1 Å². The minimum Gasteiger partial charge on any atom is -0.271 e. The van der Waals surface area contributed by atoms with Crippen LogP contribution in [0.15, 0.2) is 83.1 Å². The molecule has 1 amide bonds. The number of rotatable bonds is 7. The van der Waals surface area contributed by atoms with Gasteiger partial charge in [-0.15, -0.1) is 0 Å². The molecule has 7 nitrogen and oxygen atoms in total. The van der Waals surface area contributed by atoms with Crippen molar-refractivity contribution in [3.8, 4) is 0 Å². The van der Waals surface area contributed by atoms with E-state index in [0.29, 0.717) is 5.69 Å².